The van der Waals surface area contributed by atoms with Crippen LogP contribution in [0.5, 0.6) is 0 Å². The minimum absolute atomic E-state index is 0.0512. The van der Waals surface area contributed by atoms with Gasteiger partial charge in [0.05, 0.1) is 52.1 Å². The molecule has 5 aliphatic heterocycles. The van der Waals surface area contributed by atoms with Crippen LogP contribution in [0.4, 0.5) is 0 Å². The van der Waals surface area contributed by atoms with Crippen LogP contribution < -0.4 is 0 Å². The Hall–Kier alpha value is -6.05. The van der Waals surface area contributed by atoms with E-state index in [-0.39, 0.29) is 68.3 Å². The summed E-state index contributed by atoms with van der Waals surface area (Å²) in [6.07, 6.45) is 5.59. The van der Waals surface area contributed by atoms with Crippen LogP contribution in [0.25, 0.3) is 0 Å². The number of hydrogen-bond donors (Lipinski definition) is 5. The number of carboxylic acids is 5. The van der Waals surface area contributed by atoms with Crippen LogP contribution in [-0.2, 0) is 24.0 Å². The van der Waals surface area contributed by atoms with Gasteiger partial charge in [-0.15, -0.1) is 0 Å². The summed E-state index contributed by atoms with van der Waals surface area (Å²) in [4.78, 5) is 78.0. The Balaban J connectivity index is 1.81. The fraction of sp³-hybridized carbons (Fsp3) is 0.324. The zero-order valence-electron chi connectivity index (χ0n) is 28.2. The Morgan fingerprint density at radius 1 is 0.412 bits per heavy atom. The van der Waals surface area contributed by atoms with E-state index in [2.05, 4.69) is 0 Å². The minimum atomic E-state index is -1.18. The standard InChI is InChI=1S/C37H36N4O10/c1-17-20(4-8-33(42)43)28-14-27-19(3)22(6-10-35(46)47)30(40-27)16-32-24(12-37(50)51)23(7-11-36(48)49)31(41-32)15-29-21(5-9-34(44)45)18(2)26(39-29)13-25(17)38-28/h13-16H,4-12H2,1-3H3,(H,42,43)(H,44,45)(H,46,47)(H,48,49)(H,50,51). The molecule has 5 aliphatic rings. The molecule has 5 heterocycles. The lowest BCUT2D eigenvalue weighted by Crippen LogP contribution is -2.07. The molecular formula is C37H36N4O10. The summed E-state index contributed by atoms with van der Waals surface area (Å²) in [7, 11) is 0. The summed E-state index contributed by atoms with van der Waals surface area (Å²) in [5.74, 6) is -5.32. The molecular weight excluding hydrogens is 660 g/mol. The maximum atomic E-state index is 12.2. The molecule has 5 rings (SSSR count). The predicted molar refractivity (Wildman–Crippen MR) is 187 cm³/mol. The average Bonchev–Trinajstić information content (AvgIpc) is 3.70. The lowest BCUT2D eigenvalue weighted by Gasteiger charge is -2.08. The van der Waals surface area contributed by atoms with Crippen molar-refractivity contribution >= 4 is 52.7 Å². The van der Waals surface area contributed by atoms with E-state index in [0.717, 1.165) is 5.57 Å². The average molecular weight is 697 g/mol. The van der Waals surface area contributed by atoms with Crippen molar-refractivity contribution in [3.05, 3.63) is 91.7 Å². The first-order chi connectivity index (χ1) is 24.1. The Bertz CT molecular complexity index is 2070. The Morgan fingerprint density at radius 3 is 1.20 bits per heavy atom. The minimum Gasteiger partial charge on any atom is -0.481 e. The molecule has 0 unspecified atom stereocenters. The molecule has 14 heteroatoms. The van der Waals surface area contributed by atoms with Crippen LogP contribution in [0.1, 0.15) is 78.6 Å². The van der Waals surface area contributed by atoms with E-state index in [4.69, 9.17) is 20.0 Å². The number of aliphatic imine (C=N–C) groups is 4. The van der Waals surface area contributed by atoms with Gasteiger partial charge in [-0.05, 0) is 115 Å². The number of rotatable bonds is 14. The van der Waals surface area contributed by atoms with Gasteiger partial charge in [0, 0.05) is 25.7 Å². The van der Waals surface area contributed by atoms with Crippen molar-refractivity contribution in [2.75, 3.05) is 0 Å². The smallest absolute Gasteiger partial charge is 0.307 e. The zero-order chi connectivity index (χ0) is 37.1. The maximum Gasteiger partial charge on any atom is 0.307 e. The Kier molecular flexibility index (Phi) is 10.5. The second-order valence-electron chi connectivity index (χ2n) is 12.5. The third kappa shape index (κ3) is 8.06. The third-order valence-corrected chi connectivity index (χ3v) is 9.16. The molecule has 0 amide bonds. The van der Waals surface area contributed by atoms with E-state index in [0.29, 0.717) is 67.7 Å². The van der Waals surface area contributed by atoms with Gasteiger partial charge >= 0.3 is 29.8 Å². The van der Waals surface area contributed by atoms with Gasteiger partial charge in [0.25, 0.3) is 0 Å². The third-order valence-electron chi connectivity index (χ3n) is 9.16. The van der Waals surface area contributed by atoms with E-state index in [9.17, 15) is 49.5 Å². The molecule has 264 valence electrons. The van der Waals surface area contributed by atoms with Crippen molar-refractivity contribution in [1.82, 2.24) is 0 Å². The van der Waals surface area contributed by atoms with Crippen LogP contribution in [0.2, 0.25) is 0 Å². The van der Waals surface area contributed by atoms with E-state index in [1.807, 2.05) is 6.92 Å². The van der Waals surface area contributed by atoms with Crippen molar-refractivity contribution in [3.63, 3.8) is 0 Å². The maximum absolute atomic E-state index is 12.2. The molecule has 0 aliphatic carbocycles. The molecule has 0 aromatic heterocycles. The molecule has 8 bridgehead atoms. The SMILES string of the molecule is CC1=C(CCC(=O)O)C2=CC3=NC(=CC4=NC(=CC5=NC(=CC1=N2)C(C)=C5CCC(=O)O)C(C)=C4CCC(=O)O)C(CC(=O)O)=C3CCC(=O)O. The number of nitrogens with zero attached hydrogens (tertiary/aromatic N) is 4. The van der Waals surface area contributed by atoms with Crippen LogP contribution in [0, 0.1) is 0 Å². The molecule has 0 atom stereocenters. The lowest BCUT2D eigenvalue weighted by atomic mass is 9.93. The van der Waals surface area contributed by atoms with E-state index >= 15 is 0 Å². The number of carbonyl (C=O) groups is 5. The van der Waals surface area contributed by atoms with Gasteiger partial charge < -0.3 is 25.5 Å². The van der Waals surface area contributed by atoms with E-state index in [1.165, 1.54) is 0 Å². The summed E-state index contributed by atoms with van der Waals surface area (Å²) in [5, 5.41) is 48.0. The van der Waals surface area contributed by atoms with Gasteiger partial charge in [-0.3, -0.25) is 24.0 Å². The zero-order valence-corrected chi connectivity index (χ0v) is 28.2. The van der Waals surface area contributed by atoms with Crippen molar-refractivity contribution in [1.29, 1.82) is 0 Å². The van der Waals surface area contributed by atoms with Gasteiger partial charge in [-0.2, -0.15) is 0 Å². The Morgan fingerprint density at radius 2 is 0.745 bits per heavy atom. The highest BCUT2D eigenvalue weighted by Gasteiger charge is 2.31. The number of allylic oxidation sites excluding steroid dienone is 12. The highest BCUT2D eigenvalue weighted by atomic mass is 16.4. The first-order valence-electron chi connectivity index (χ1n) is 16.3. The molecule has 0 saturated heterocycles. The van der Waals surface area contributed by atoms with Gasteiger partial charge in [-0.25, -0.2) is 20.0 Å². The number of fused-ring (bicyclic) bond motifs is 4. The molecule has 51 heavy (non-hydrogen) atoms. The molecule has 5 N–H and O–H groups in total. The van der Waals surface area contributed by atoms with Gasteiger partial charge in [-0.1, -0.05) is 0 Å². The number of hydrogen-bond acceptors (Lipinski definition) is 9. The molecule has 0 saturated carbocycles. The second-order valence-corrected chi connectivity index (χ2v) is 12.5. The van der Waals surface area contributed by atoms with Crippen molar-refractivity contribution in [2.45, 2.75) is 78.6 Å². The highest BCUT2D eigenvalue weighted by molar-refractivity contribution is 6.20. The summed E-state index contributed by atoms with van der Waals surface area (Å²) in [5.41, 5.74) is 7.76. The summed E-state index contributed by atoms with van der Waals surface area (Å²) >= 11 is 0. The van der Waals surface area contributed by atoms with Crippen LogP contribution in [0.3, 0.4) is 0 Å². The van der Waals surface area contributed by atoms with Crippen LogP contribution >= 0.6 is 0 Å². The lowest BCUT2D eigenvalue weighted by molar-refractivity contribution is -0.138. The fourth-order valence-corrected chi connectivity index (χ4v) is 6.50. The van der Waals surface area contributed by atoms with Gasteiger partial charge in [0.15, 0.2) is 0 Å². The number of carboxylic acid groups (broad SMARTS) is 5. The first-order valence-corrected chi connectivity index (χ1v) is 16.3. The molecule has 0 fully saturated rings. The monoisotopic (exact) mass is 696 g/mol. The number of aliphatic carboxylic acids is 5. The Labute approximate surface area is 292 Å². The molecule has 0 aromatic carbocycles. The molecule has 0 aromatic rings. The summed E-state index contributed by atoms with van der Waals surface area (Å²) in [6, 6.07) is 0. The largest absolute Gasteiger partial charge is 0.481 e. The van der Waals surface area contributed by atoms with E-state index < -0.39 is 36.3 Å². The second kappa shape index (κ2) is 14.8. The molecule has 0 spiro atoms. The van der Waals surface area contributed by atoms with Crippen molar-refractivity contribution in [2.24, 2.45) is 20.0 Å². The normalized spacial score (nSPS) is 18.3. The van der Waals surface area contributed by atoms with Gasteiger partial charge in [0.2, 0.25) is 0 Å². The summed E-state index contributed by atoms with van der Waals surface area (Å²) in [6.45, 7) is 5.41. The van der Waals surface area contributed by atoms with Crippen LogP contribution in [-0.4, -0.2) is 78.2 Å². The van der Waals surface area contributed by atoms with E-state index in [1.54, 1.807) is 38.2 Å². The van der Waals surface area contributed by atoms with Crippen LogP contribution in [0.15, 0.2) is 112 Å². The predicted octanol–water partition coefficient (Wildman–Crippen LogP) is 5.53. The fourth-order valence-electron chi connectivity index (χ4n) is 6.50. The van der Waals surface area contributed by atoms with Crippen molar-refractivity contribution < 1.29 is 49.5 Å². The highest BCUT2D eigenvalue weighted by Crippen LogP contribution is 2.39. The first kappa shape index (κ1) is 36.2. The topological polar surface area (TPSA) is 236 Å². The summed E-state index contributed by atoms with van der Waals surface area (Å²) < 4.78 is 0. The van der Waals surface area contributed by atoms with Crippen molar-refractivity contribution in [3.8, 4) is 0 Å². The van der Waals surface area contributed by atoms with Gasteiger partial charge in [0.1, 0.15) is 0 Å². The molecule has 14 nitrogen and oxygen atoms in total. The molecule has 0 radical (unpaired) electrons. The quantitative estimate of drug-likeness (QED) is 0.152.